The Kier molecular flexibility index (Phi) is 6.74. The maximum Gasteiger partial charge on any atom is 0.274 e. The monoisotopic (exact) mass is 503 g/mol. The van der Waals surface area contributed by atoms with Gasteiger partial charge in [0.25, 0.3) is 5.56 Å². The Hall–Kier alpha value is -4.44. The van der Waals surface area contributed by atoms with Gasteiger partial charge in [0.2, 0.25) is 5.91 Å². The van der Waals surface area contributed by atoms with Crippen LogP contribution in [0.15, 0.2) is 71.7 Å². The Morgan fingerprint density at radius 2 is 2.03 bits per heavy atom. The number of rotatable bonds is 7. The number of likely N-dealkylation sites (tertiary alicyclic amines) is 1. The number of halogens is 1. The fourth-order valence-corrected chi connectivity index (χ4v) is 4.64. The zero-order valence-electron chi connectivity index (χ0n) is 20.2. The number of nitrogen functional groups attached to an aromatic ring is 1. The number of nitrogens with one attached hydrogen (secondary N) is 1. The lowest BCUT2D eigenvalue weighted by Crippen LogP contribution is -2.26. The van der Waals surface area contributed by atoms with Gasteiger partial charge in [0.15, 0.2) is 17.4 Å². The molecule has 0 bridgehead atoms. The molecule has 4 aromatic rings. The molecule has 2 aromatic carbocycles. The quantitative estimate of drug-likeness (QED) is 0.371. The standard InChI is InChI=1S/C27H26FN5O4/c1-36-14-4-7-23(34)32-13-12-17(15-32)20-16-33(25-24(20)27(35)31-30-26(25)29)18-8-10-19(11-9-18)37-22-6-3-2-5-21(22)28/h2-11,16-17H,12-15H2,1H3,(H2,29,30)(H,31,35)/b7-4+. The van der Waals surface area contributed by atoms with Crippen LogP contribution in [0.25, 0.3) is 16.6 Å². The number of nitrogens with two attached hydrogens (primary N) is 1. The summed E-state index contributed by atoms with van der Waals surface area (Å²) >= 11 is 0. The van der Waals surface area contributed by atoms with Crippen LogP contribution in [0, 0.1) is 5.82 Å². The van der Waals surface area contributed by atoms with Gasteiger partial charge in [0.1, 0.15) is 11.3 Å². The van der Waals surface area contributed by atoms with Crippen molar-refractivity contribution in [2.75, 3.05) is 32.5 Å². The van der Waals surface area contributed by atoms with Crippen LogP contribution in [-0.2, 0) is 9.53 Å². The van der Waals surface area contributed by atoms with E-state index in [9.17, 15) is 14.0 Å². The Labute approximate surface area is 211 Å². The van der Waals surface area contributed by atoms with E-state index in [0.717, 1.165) is 11.3 Å². The summed E-state index contributed by atoms with van der Waals surface area (Å²) in [4.78, 5) is 27.2. The zero-order valence-corrected chi connectivity index (χ0v) is 20.2. The third-order valence-electron chi connectivity index (χ3n) is 6.42. The predicted molar refractivity (Wildman–Crippen MR) is 138 cm³/mol. The number of aromatic amines is 1. The summed E-state index contributed by atoms with van der Waals surface area (Å²) in [7, 11) is 1.57. The van der Waals surface area contributed by atoms with Gasteiger partial charge in [-0.2, -0.15) is 5.10 Å². The molecule has 1 unspecified atom stereocenters. The average Bonchev–Trinajstić information content (AvgIpc) is 3.55. The van der Waals surface area contributed by atoms with E-state index in [0.29, 0.717) is 42.8 Å². The van der Waals surface area contributed by atoms with Crippen molar-refractivity contribution in [1.82, 2.24) is 19.7 Å². The van der Waals surface area contributed by atoms with Crippen molar-refractivity contribution >= 4 is 22.6 Å². The lowest BCUT2D eigenvalue weighted by molar-refractivity contribution is -0.125. The maximum absolute atomic E-state index is 14.0. The number of hydrogen-bond acceptors (Lipinski definition) is 6. The summed E-state index contributed by atoms with van der Waals surface area (Å²) in [6.07, 6.45) is 5.77. The van der Waals surface area contributed by atoms with Gasteiger partial charge in [0.05, 0.1) is 12.0 Å². The normalized spacial score (nSPS) is 15.6. The van der Waals surface area contributed by atoms with Crippen LogP contribution in [0.5, 0.6) is 11.5 Å². The number of nitrogens with zero attached hydrogens (tertiary/aromatic N) is 3. The number of benzene rings is 2. The van der Waals surface area contributed by atoms with E-state index in [1.54, 1.807) is 60.6 Å². The molecule has 1 aliphatic rings. The number of carbonyl (C=O) groups excluding carboxylic acids is 1. The van der Waals surface area contributed by atoms with E-state index in [4.69, 9.17) is 15.2 Å². The van der Waals surface area contributed by atoms with Gasteiger partial charge >= 0.3 is 0 Å². The van der Waals surface area contributed by atoms with Gasteiger partial charge in [0, 0.05) is 44.1 Å². The summed E-state index contributed by atoms with van der Waals surface area (Å²) in [5.74, 6) is 0.172. The van der Waals surface area contributed by atoms with Crippen LogP contribution in [0.2, 0.25) is 0 Å². The molecule has 190 valence electrons. The molecule has 0 saturated carbocycles. The maximum atomic E-state index is 14.0. The van der Waals surface area contributed by atoms with Crippen molar-refractivity contribution in [3.63, 3.8) is 0 Å². The molecule has 1 amide bonds. The van der Waals surface area contributed by atoms with Crippen LogP contribution in [0.4, 0.5) is 10.2 Å². The molecule has 0 radical (unpaired) electrons. The number of hydrogen-bond donors (Lipinski definition) is 2. The molecule has 0 aliphatic carbocycles. The summed E-state index contributed by atoms with van der Waals surface area (Å²) in [5, 5.41) is 6.90. The topological polar surface area (TPSA) is 115 Å². The summed E-state index contributed by atoms with van der Waals surface area (Å²) < 4.78 is 26.4. The van der Waals surface area contributed by atoms with Crippen LogP contribution in [0.1, 0.15) is 17.9 Å². The molecule has 3 heterocycles. The number of ether oxygens (including phenoxy) is 2. The highest BCUT2D eigenvalue weighted by molar-refractivity contribution is 5.93. The molecule has 5 rings (SSSR count). The number of para-hydroxylation sites is 1. The Morgan fingerprint density at radius 3 is 2.78 bits per heavy atom. The second kappa shape index (κ2) is 10.3. The summed E-state index contributed by atoms with van der Waals surface area (Å²) in [5.41, 5.74) is 7.89. The highest BCUT2D eigenvalue weighted by Gasteiger charge is 2.30. The second-order valence-corrected chi connectivity index (χ2v) is 8.77. The lowest BCUT2D eigenvalue weighted by atomic mass is 9.99. The van der Waals surface area contributed by atoms with Gasteiger partial charge in [-0.05, 0) is 48.4 Å². The van der Waals surface area contributed by atoms with Crippen LogP contribution >= 0.6 is 0 Å². The van der Waals surface area contributed by atoms with Crippen LogP contribution < -0.4 is 16.0 Å². The third kappa shape index (κ3) is 4.83. The summed E-state index contributed by atoms with van der Waals surface area (Å²) in [6.45, 7) is 1.42. The Morgan fingerprint density at radius 1 is 1.24 bits per heavy atom. The first kappa shape index (κ1) is 24.3. The number of methoxy groups -OCH3 is 1. The Balaban J connectivity index is 1.47. The molecular formula is C27H26FN5O4. The van der Waals surface area contributed by atoms with E-state index in [-0.39, 0.29) is 29.0 Å². The lowest BCUT2D eigenvalue weighted by Gasteiger charge is -2.14. The molecule has 0 spiro atoms. The van der Waals surface area contributed by atoms with Crippen molar-refractivity contribution in [1.29, 1.82) is 0 Å². The molecule has 10 heteroatoms. The van der Waals surface area contributed by atoms with Gasteiger partial charge in [-0.1, -0.05) is 18.2 Å². The van der Waals surface area contributed by atoms with E-state index >= 15 is 0 Å². The van der Waals surface area contributed by atoms with E-state index < -0.39 is 5.82 Å². The number of carbonyl (C=O) groups is 1. The van der Waals surface area contributed by atoms with Gasteiger partial charge in [-0.25, -0.2) is 9.49 Å². The minimum absolute atomic E-state index is 0.0462. The van der Waals surface area contributed by atoms with Crippen molar-refractivity contribution in [3.8, 4) is 17.2 Å². The number of amides is 1. The number of aromatic nitrogens is 3. The highest BCUT2D eigenvalue weighted by atomic mass is 19.1. The first-order valence-corrected chi connectivity index (χ1v) is 11.8. The number of anilines is 1. The smallest absolute Gasteiger partial charge is 0.274 e. The second-order valence-electron chi connectivity index (χ2n) is 8.77. The molecule has 3 N–H and O–H groups in total. The largest absolute Gasteiger partial charge is 0.454 e. The van der Waals surface area contributed by atoms with Gasteiger partial charge in [-0.15, -0.1) is 0 Å². The van der Waals surface area contributed by atoms with E-state index in [1.165, 1.54) is 12.1 Å². The SMILES string of the molecule is COC/C=C/C(=O)N1CCC(c2cn(-c3ccc(Oc4ccccc4F)cc3)c3c(N)n[nH]c(=O)c23)C1. The molecular weight excluding hydrogens is 477 g/mol. The van der Waals surface area contributed by atoms with Crippen molar-refractivity contribution in [3.05, 3.63) is 88.6 Å². The fraction of sp³-hybridized carbons (Fsp3) is 0.222. The third-order valence-corrected chi connectivity index (χ3v) is 6.42. The zero-order chi connectivity index (χ0) is 25.9. The van der Waals surface area contributed by atoms with E-state index in [1.807, 2.05) is 10.8 Å². The van der Waals surface area contributed by atoms with Crippen molar-refractivity contribution < 1.29 is 18.7 Å². The molecule has 1 aliphatic heterocycles. The van der Waals surface area contributed by atoms with Crippen LogP contribution in [-0.4, -0.2) is 52.4 Å². The minimum Gasteiger partial charge on any atom is -0.454 e. The summed E-state index contributed by atoms with van der Waals surface area (Å²) in [6, 6.07) is 13.2. The van der Waals surface area contributed by atoms with Crippen molar-refractivity contribution in [2.45, 2.75) is 12.3 Å². The van der Waals surface area contributed by atoms with E-state index in [2.05, 4.69) is 10.2 Å². The fourth-order valence-electron chi connectivity index (χ4n) is 4.64. The Bertz CT molecular complexity index is 1530. The first-order chi connectivity index (χ1) is 18.0. The number of H-pyrrole nitrogens is 1. The molecule has 1 fully saturated rings. The molecule has 37 heavy (non-hydrogen) atoms. The average molecular weight is 504 g/mol. The molecule has 9 nitrogen and oxygen atoms in total. The highest BCUT2D eigenvalue weighted by Crippen LogP contribution is 2.35. The van der Waals surface area contributed by atoms with Crippen LogP contribution in [0.3, 0.4) is 0 Å². The molecule has 2 aromatic heterocycles. The first-order valence-electron chi connectivity index (χ1n) is 11.8. The molecule has 1 atom stereocenters. The predicted octanol–water partition coefficient (Wildman–Crippen LogP) is 3.75. The minimum atomic E-state index is -0.455. The number of fused-ring (bicyclic) bond motifs is 1. The van der Waals surface area contributed by atoms with Gasteiger partial charge in [-0.3, -0.25) is 9.59 Å². The molecule has 1 saturated heterocycles. The van der Waals surface area contributed by atoms with Crippen molar-refractivity contribution in [2.24, 2.45) is 0 Å². The van der Waals surface area contributed by atoms with Gasteiger partial charge < -0.3 is 24.7 Å².